The van der Waals surface area contributed by atoms with E-state index in [4.69, 9.17) is 9.84 Å². The number of ether oxygens (including phenoxy) is 1. The van der Waals surface area contributed by atoms with Crippen LogP contribution in [0.15, 0.2) is 35.1 Å². The van der Waals surface area contributed by atoms with Gasteiger partial charge in [-0.3, -0.25) is 9.59 Å². The lowest BCUT2D eigenvalue weighted by Crippen LogP contribution is -2.52. The van der Waals surface area contributed by atoms with Crippen LogP contribution in [0.3, 0.4) is 0 Å². The Morgan fingerprint density at radius 2 is 2.04 bits per heavy atom. The number of nitrogens with one attached hydrogen (secondary N) is 1. The SMILES string of the molecule is C[C@@H]1CN(C(=O)c2cc3ccccc3c(=O)[nH]2)CC(C(=O)O)O1. The van der Waals surface area contributed by atoms with Crippen molar-refractivity contribution < 1.29 is 19.4 Å². The molecule has 0 radical (unpaired) electrons. The van der Waals surface area contributed by atoms with Crippen LogP contribution in [0.4, 0.5) is 0 Å². The number of pyridine rings is 1. The van der Waals surface area contributed by atoms with E-state index in [1.165, 1.54) is 4.90 Å². The number of carbonyl (C=O) groups is 2. The lowest BCUT2D eigenvalue weighted by atomic mass is 10.1. The smallest absolute Gasteiger partial charge is 0.334 e. The van der Waals surface area contributed by atoms with Crippen molar-refractivity contribution >= 4 is 22.6 Å². The lowest BCUT2D eigenvalue weighted by Gasteiger charge is -2.34. The van der Waals surface area contributed by atoms with Crippen molar-refractivity contribution in [3.63, 3.8) is 0 Å². The monoisotopic (exact) mass is 316 g/mol. The van der Waals surface area contributed by atoms with Crippen LogP contribution < -0.4 is 5.56 Å². The second-order valence-electron chi connectivity index (χ2n) is 5.58. The van der Waals surface area contributed by atoms with Crippen molar-refractivity contribution in [1.29, 1.82) is 0 Å². The van der Waals surface area contributed by atoms with Crippen molar-refractivity contribution in [2.24, 2.45) is 0 Å². The Morgan fingerprint density at radius 3 is 2.78 bits per heavy atom. The molecule has 1 aromatic heterocycles. The van der Waals surface area contributed by atoms with Gasteiger partial charge in [-0.1, -0.05) is 18.2 Å². The molecule has 7 nitrogen and oxygen atoms in total. The van der Waals surface area contributed by atoms with Crippen LogP contribution in [0, 0.1) is 0 Å². The normalized spacial score (nSPS) is 21.3. The Labute approximate surface area is 131 Å². The molecule has 2 aromatic rings. The number of morpholine rings is 1. The van der Waals surface area contributed by atoms with Gasteiger partial charge >= 0.3 is 5.97 Å². The van der Waals surface area contributed by atoms with Gasteiger partial charge < -0.3 is 19.7 Å². The van der Waals surface area contributed by atoms with Crippen LogP contribution in [0.1, 0.15) is 17.4 Å². The van der Waals surface area contributed by atoms with Gasteiger partial charge in [0.05, 0.1) is 12.6 Å². The van der Waals surface area contributed by atoms with E-state index in [0.717, 1.165) is 0 Å². The molecule has 23 heavy (non-hydrogen) atoms. The first-order valence-electron chi connectivity index (χ1n) is 7.25. The van der Waals surface area contributed by atoms with Gasteiger partial charge in [0.2, 0.25) is 0 Å². The van der Waals surface area contributed by atoms with Gasteiger partial charge in [-0.2, -0.15) is 0 Å². The van der Waals surface area contributed by atoms with Crippen LogP contribution in [0.5, 0.6) is 0 Å². The van der Waals surface area contributed by atoms with Gasteiger partial charge in [-0.15, -0.1) is 0 Å². The number of carboxylic acid groups (broad SMARTS) is 1. The number of benzene rings is 1. The summed E-state index contributed by atoms with van der Waals surface area (Å²) in [5, 5.41) is 10.3. The molecule has 2 heterocycles. The van der Waals surface area contributed by atoms with Crippen molar-refractivity contribution in [1.82, 2.24) is 9.88 Å². The fourth-order valence-corrected chi connectivity index (χ4v) is 2.75. The van der Waals surface area contributed by atoms with E-state index < -0.39 is 18.0 Å². The first kappa shape index (κ1) is 15.2. The van der Waals surface area contributed by atoms with Crippen LogP contribution in [-0.4, -0.2) is 52.2 Å². The largest absolute Gasteiger partial charge is 0.479 e. The highest BCUT2D eigenvalue weighted by atomic mass is 16.5. The van der Waals surface area contributed by atoms with Crippen LogP contribution in [-0.2, 0) is 9.53 Å². The number of aromatic amines is 1. The fraction of sp³-hybridized carbons (Fsp3) is 0.312. The third-order valence-electron chi connectivity index (χ3n) is 3.81. The van der Waals surface area contributed by atoms with E-state index in [1.807, 2.05) is 0 Å². The third-order valence-corrected chi connectivity index (χ3v) is 3.81. The molecule has 1 amide bonds. The number of aromatic nitrogens is 1. The first-order chi connectivity index (χ1) is 11.0. The molecule has 120 valence electrons. The van der Waals surface area contributed by atoms with E-state index in [9.17, 15) is 14.4 Å². The zero-order chi connectivity index (χ0) is 16.6. The molecule has 1 aromatic carbocycles. The quantitative estimate of drug-likeness (QED) is 0.855. The van der Waals surface area contributed by atoms with Crippen molar-refractivity contribution in [2.75, 3.05) is 13.1 Å². The van der Waals surface area contributed by atoms with Gasteiger partial charge in [-0.05, 0) is 24.4 Å². The van der Waals surface area contributed by atoms with E-state index in [2.05, 4.69) is 4.98 Å². The third kappa shape index (κ3) is 2.95. The summed E-state index contributed by atoms with van der Waals surface area (Å²) < 4.78 is 5.29. The molecule has 2 N–H and O–H groups in total. The lowest BCUT2D eigenvalue weighted by molar-refractivity contribution is -0.160. The minimum absolute atomic E-state index is 0.0483. The molecule has 0 aliphatic carbocycles. The second kappa shape index (κ2) is 5.85. The van der Waals surface area contributed by atoms with Crippen LogP contribution in [0.2, 0.25) is 0 Å². The number of rotatable bonds is 2. The Hall–Kier alpha value is -2.67. The molecule has 1 aliphatic rings. The average Bonchev–Trinajstić information content (AvgIpc) is 2.53. The van der Waals surface area contributed by atoms with Gasteiger partial charge in [-0.25, -0.2) is 4.79 Å². The number of H-pyrrole nitrogens is 1. The molecule has 0 spiro atoms. The van der Waals surface area contributed by atoms with E-state index >= 15 is 0 Å². The number of carboxylic acids is 1. The van der Waals surface area contributed by atoms with Crippen LogP contribution >= 0.6 is 0 Å². The molecular weight excluding hydrogens is 300 g/mol. The maximum atomic E-state index is 12.6. The summed E-state index contributed by atoms with van der Waals surface area (Å²) in [5.41, 5.74) is -0.200. The van der Waals surface area contributed by atoms with Gasteiger partial charge in [0, 0.05) is 11.9 Å². The molecule has 1 saturated heterocycles. The number of carbonyl (C=O) groups excluding carboxylic acids is 1. The van der Waals surface area contributed by atoms with Gasteiger partial charge in [0.15, 0.2) is 6.10 Å². The topological polar surface area (TPSA) is 99.7 Å². The zero-order valence-electron chi connectivity index (χ0n) is 12.5. The summed E-state index contributed by atoms with van der Waals surface area (Å²) in [6, 6.07) is 8.57. The molecule has 3 rings (SSSR count). The van der Waals surface area contributed by atoms with Gasteiger partial charge in [0.25, 0.3) is 11.5 Å². The molecule has 1 unspecified atom stereocenters. The van der Waals surface area contributed by atoms with E-state index in [0.29, 0.717) is 10.8 Å². The molecule has 1 fully saturated rings. The predicted octanol–water partition coefficient (Wildman–Crippen LogP) is 0.842. The first-order valence-corrected chi connectivity index (χ1v) is 7.25. The summed E-state index contributed by atoms with van der Waals surface area (Å²) >= 11 is 0. The van der Waals surface area contributed by atoms with Crippen molar-refractivity contribution in [2.45, 2.75) is 19.1 Å². The second-order valence-corrected chi connectivity index (χ2v) is 5.58. The highest BCUT2D eigenvalue weighted by molar-refractivity contribution is 5.96. The Bertz CT molecular complexity index is 829. The number of nitrogens with zero attached hydrogens (tertiary/aromatic N) is 1. The molecular formula is C16H16N2O5. The Kier molecular flexibility index (Phi) is 3.87. The highest BCUT2D eigenvalue weighted by Gasteiger charge is 2.33. The average molecular weight is 316 g/mol. The van der Waals surface area contributed by atoms with Gasteiger partial charge in [0.1, 0.15) is 5.69 Å². The molecule has 0 bridgehead atoms. The number of hydrogen-bond acceptors (Lipinski definition) is 4. The zero-order valence-corrected chi connectivity index (χ0v) is 12.5. The maximum Gasteiger partial charge on any atom is 0.334 e. The molecule has 1 aliphatic heterocycles. The summed E-state index contributed by atoms with van der Waals surface area (Å²) in [4.78, 5) is 39.8. The minimum atomic E-state index is -1.11. The fourth-order valence-electron chi connectivity index (χ4n) is 2.75. The molecule has 0 saturated carbocycles. The molecule has 2 atom stereocenters. The summed E-state index contributed by atoms with van der Waals surface area (Å²) in [6.45, 7) is 1.93. The highest BCUT2D eigenvalue weighted by Crippen LogP contribution is 2.16. The van der Waals surface area contributed by atoms with Crippen molar-refractivity contribution in [3.05, 3.63) is 46.4 Å². The summed E-state index contributed by atoms with van der Waals surface area (Å²) in [6.07, 6.45) is -1.45. The number of hydrogen-bond donors (Lipinski definition) is 2. The summed E-state index contributed by atoms with van der Waals surface area (Å²) in [7, 11) is 0. The standard InChI is InChI=1S/C16H16N2O5/c1-9-7-18(8-13(23-9)16(21)22)15(20)12-6-10-4-2-3-5-11(10)14(19)17-12/h2-6,9,13H,7-8H2,1H3,(H,17,19)(H,21,22)/t9-,13?/m1/s1. The van der Waals surface area contributed by atoms with E-state index in [-0.39, 0.29) is 30.4 Å². The Balaban J connectivity index is 1.93. The summed E-state index contributed by atoms with van der Waals surface area (Å²) in [5.74, 6) is -1.52. The number of fused-ring (bicyclic) bond motifs is 1. The molecule has 7 heteroatoms. The van der Waals surface area contributed by atoms with E-state index in [1.54, 1.807) is 37.3 Å². The number of amides is 1. The number of aliphatic carboxylic acids is 1. The van der Waals surface area contributed by atoms with Crippen molar-refractivity contribution in [3.8, 4) is 0 Å². The minimum Gasteiger partial charge on any atom is -0.479 e. The maximum absolute atomic E-state index is 12.6. The Morgan fingerprint density at radius 1 is 1.30 bits per heavy atom. The van der Waals surface area contributed by atoms with Crippen LogP contribution in [0.25, 0.3) is 10.8 Å². The predicted molar refractivity (Wildman–Crippen MR) is 82.4 cm³/mol.